The third kappa shape index (κ3) is 8.01. The average molecular weight is 303 g/mol. The smallest absolute Gasteiger partial charge is 0.451 e. The fourth-order valence-corrected chi connectivity index (χ4v) is 1.83. The Morgan fingerprint density at radius 3 is 2.19 bits per heavy atom. The lowest BCUT2D eigenvalue weighted by Gasteiger charge is -2.23. The number of nitrogens with one attached hydrogen (secondary N) is 1. The van der Waals surface area contributed by atoms with Gasteiger partial charge in [0.25, 0.3) is 0 Å². The van der Waals surface area contributed by atoms with Crippen LogP contribution in [0.4, 0.5) is 0 Å². The number of carboxylic acid groups (broad SMARTS) is 1. The van der Waals surface area contributed by atoms with Crippen molar-refractivity contribution in [1.82, 2.24) is 5.32 Å². The Bertz CT molecular complexity index is 341. The van der Waals surface area contributed by atoms with Crippen LogP contribution < -0.4 is 16.8 Å². The van der Waals surface area contributed by atoms with Crippen molar-refractivity contribution in [2.24, 2.45) is 23.3 Å². The number of hydrogen-bond donors (Lipinski definition) is 6. The molecule has 0 radical (unpaired) electrons. The van der Waals surface area contributed by atoms with Crippen molar-refractivity contribution in [2.75, 3.05) is 6.54 Å². The van der Waals surface area contributed by atoms with E-state index < -0.39 is 31.1 Å². The van der Waals surface area contributed by atoms with Crippen LogP contribution >= 0.6 is 0 Å². The lowest BCUT2D eigenvalue weighted by molar-refractivity contribution is -0.140. The van der Waals surface area contributed by atoms with E-state index in [1.54, 1.807) is 0 Å². The summed E-state index contributed by atoms with van der Waals surface area (Å²) in [7, 11) is -1.43. The number of carboxylic acids is 1. The maximum Gasteiger partial charge on any atom is 0.451 e. The number of carbonyl (C=O) groups excluding carboxylic acids is 1. The molecule has 0 aromatic rings. The van der Waals surface area contributed by atoms with Crippen molar-refractivity contribution in [3.8, 4) is 0 Å². The van der Waals surface area contributed by atoms with Gasteiger partial charge in [-0.3, -0.25) is 9.59 Å². The Balaban J connectivity index is 4.46. The molecule has 0 aromatic heterocycles. The Labute approximate surface area is 125 Å². The first-order valence-electron chi connectivity index (χ1n) is 7.04. The minimum atomic E-state index is -1.43. The topological polar surface area (TPSA) is 159 Å². The highest BCUT2D eigenvalue weighted by atomic mass is 16.4. The SMILES string of the molecule is CC(C)[C@H](N)C(=O)NC[C@@H](CCCB(O)O)[C@H](N)C(=O)O. The second-order valence-electron chi connectivity index (χ2n) is 5.55. The summed E-state index contributed by atoms with van der Waals surface area (Å²) in [5.74, 6) is -2.03. The molecule has 21 heavy (non-hydrogen) atoms. The van der Waals surface area contributed by atoms with Crippen LogP contribution in [0.5, 0.6) is 0 Å². The lowest BCUT2D eigenvalue weighted by atomic mass is 9.81. The Morgan fingerprint density at radius 1 is 1.19 bits per heavy atom. The summed E-state index contributed by atoms with van der Waals surface area (Å²) >= 11 is 0. The number of amides is 1. The molecule has 0 bridgehead atoms. The zero-order valence-corrected chi connectivity index (χ0v) is 12.5. The van der Waals surface area contributed by atoms with Gasteiger partial charge in [-0.05, 0) is 18.7 Å². The van der Waals surface area contributed by atoms with E-state index in [1.807, 2.05) is 13.8 Å². The zero-order chi connectivity index (χ0) is 16.6. The molecule has 0 rings (SSSR count). The van der Waals surface area contributed by atoms with Crippen LogP contribution in [0.25, 0.3) is 0 Å². The molecule has 0 heterocycles. The van der Waals surface area contributed by atoms with Crippen LogP contribution in [0.3, 0.4) is 0 Å². The fourth-order valence-electron chi connectivity index (χ4n) is 1.83. The predicted octanol–water partition coefficient (Wildman–Crippen LogP) is -1.63. The molecule has 0 spiro atoms. The Hall–Kier alpha value is -1.16. The molecule has 122 valence electrons. The normalized spacial score (nSPS) is 15.4. The molecule has 0 fully saturated rings. The molecule has 0 saturated carbocycles. The van der Waals surface area contributed by atoms with Crippen LogP contribution in [0.2, 0.25) is 6.32 Å². The number of aliphatic carboxylic acids is 1. The first kappa shape index (κ1) is 19.8. The van der Waals surface area contributed by atoms with Crippen LogP contribution in [0.1, 0.15) is 26.7 Å². The fraction of sp³-hybridized carbons (Fsp3) is 0.833. The quantitative estimate of drug-likeness (QED) is 0.264. The molecule has 0 aliphatic rings. The molecule has 9 heteroatoms. The van der Waals surface area contributed by atoms with E-state index in [0.29, 0.717) is 12.8 Å². The molecular formula is C12H26BN3O5. The first-order chi connectivity index (χ1) is 9.66. The van der Waals surface area contributed by atoms with Gasteiger partial charge in [0.2, 0.25) is 5.91 Å². The van der Waals surface area contributed by atoms with E-state index in [9.17, 15) is 9.59 Å². The van der Waals surface area contributed by atoms with Crippen LogP contribution in [0, 0.1) is 11.8 Å². The molecule has 3 atom stereocenters. The molecule has 0 aliphatic heterocycles. The zero-order valence-electron chi connectivity index (χ0n) is 12.5. The van der Waals surface area contributed by atoms with Gasteiger partial charge in [0.05, 0.1) is 6.04 Å². The Kier molecular flexibility index (Phi) is 9.19. The minimum absolute atomic E-state index is 0.0267. The standard InChI is InChI=1S/C12H26BN3O5/c1-7(2)9(14)11(17)16-6-8(10(15)12(18)19)4-3-5-13(20)21/h7-10,20-21H,3-6,14-15H2,1-2H3,(H,16,17)(H,18,19)/t8-,9+,10+/m1/s1. The molecule has 1 amide bonds. The minimum Gasteiger partial charge on any atom is -0.480 e. The van der Waals surface area contributed by atoms with Gasteiger partial charge in [0.1, 0.15) is 6.04 Å². The van der Waals surface area contributed by atoms with Gasteiger partial charge in [-0.25, -0.2) is 0 Å². The molecule has 8 nitrogen and oxygen atoms in total. The van der Waals surface area contributed by atoms with E-state index in [-0.39, 0.29) is 24.7 Å². The van der Waals surface area contributed by atoms with E-state index in [4.69, 9.17) is 26.6 Å². The van der Waals surface area contributed by atoms with Gasteiger partial charge >= 0.3 is 13.1 Å². The van der Waals surface area contributed by atoms with Crippen molar-refractivity contribution < 1.29 is 24.7 Å². The van der Waals surface area contributed by atoms with Gasteiger partial charge in [0, 0.05) is 12.5 Å². The second-order valence-corrected chi connectivity index (χ2v) is 5.55. The molecule has 0 unspecified atom stereocenters. The van der Waals surface area contributed by atoms with Crippen molar-refractivity contribution in [3.05, 3.63) is 0 Å². The summed E-state index contributed by atoms with van der Waals surface area (Å²) in [6, 6.07) is -1.79. The van der Waals surface area contributed by atoms with Crippen LogP contribution in [-0.4, -0.2) is 52.8 Å². The van der Waals surface area contributed by atoms with E-state index >= 15 is 0 Å². The third-order valence-corrected chi connectivity index (χ3v) is 3.39. The van der Waals surface area contributed by atoms with Gasteiger partial charge in [0.15, 0.2) is 0 Å². The first-order valence-corrected chi connectivity index (χ1v) is 7.04. The molecule has 0 aromatic carbocycles. The van der Waals surface area contributed by atoms with Crippen molar-refractivity contribution in [1.29, 1.82) is 0 Å². The highest BCUT2D eigenvalue weighted by Gasteiger charge is 2.26. The third-order valence-electron chi connectivity index (χ3n) is 3.39. The Morgan fingerprint density at radius 2 is 1.76 bits per heavy atom. The van der Waals surface area contributed by atoms with Gasteiger partial charge in [-0.15, -0.1) is 0 Å². The van der Waals surface area contributed by atoms with E-state index in [0.717, 1.165) is 0 Å². The van der Waals surface area contributed by atoms with Gasteiger partial charge in [-0.2, -0.15) is 0 Å². The molecule has 0 aliphatic carbocycles. The summed E-state index contributed by atoms with van der Waals surface area (Å²) < 4.78 is 0. The lowest BCUT2D eigenvalue weighted by Crippen LogP contribution is -2.49. The summed E-state index contributed by atoms with van der Waals surface area (Å²) in [5.41, 5.74) is 11.3. The van der Waals surface area contributed by atoms with Crippen molar-refractivity contribution in [2.45, 2.75) is 45.1 Å². The highest BCUT2D eigenvalue weighted by molar-refractivity contribution is 6.40. The predicted molar refractivity (Wildman–Crippen MR) is 79.2 cm³/mol. The average Bonchev–Trinajstić information content (AvgIpc) is 2.39. The van der Waals surface area contributed by atoms with Crippen LogP contribution in [-0.2, 0) is 9.59 Å². The second kappa shape index (κ2) is 9.72. The molecular weight excluding hydrogens is 277 g/mol. The maximum absolute atomic E-state index is 11.8. The highest BCUT2D eigenvalue weighted by Crippen LogP contribution is 2.13. The number of carbonyl (C=O) groups is 2. The largest absolute Gasteiger partial charge is 0.480 e. The number of nitrogens with two attached hydrogens (primary N) is 2. The van der Waals surface area contributed by atoms with Gasteiger partial charge < -0.3 is 31.9 Å². The van der Waals surface area contributed by atoms with E-state index in [1.165, 1.54) is 0 Å². The summed E-state index contributed by atoms with van der Waals surface area (Å²) in [5, 5.41) is 29.1. The number of hydrogen-bond acceptors (Lipinski definition) is 6. The summed E-state index contributed by atoms with van der Waals surface area (Å²) in [6.07, 6.45) is 0.889. The monoisotopic (exact) mass is 303 g/mol. The van der Waals surface area contributed by atoms with Gasteiger partial charge in [-0.1, -0.05) is 20.3 Å². The molecule has 0 saturated heterocycles. The van der Waals surface area contributed by atoms with Crippen molar-refractivity contribution >= 4 is 19.0 Å². The number of rotatable bonds is 10. The summed E-state index contributed by atoms with van der Waals surface area (Å²) in [6.45, 7) is 3.72. The van der Waals surface area contributed by atoms with Crippen molar-refractivity contribution in [3.63, 3.8) is 0 Å². The summed E-state index contributed by atoms with van der Waals surface area (Å²) in [4.78, 5) is 22.7. The van der Waals surface area contributed by atoms with E-state index in [2.05, 4.69) is 5.32 Å². The molecule has 8 N–H and O–H groups in total. The maximum atomic E-state index is 11.8. The van der Waals surface area contributed by atoms with Crippen LogP contribution in [0.15, 0.2) is 0 Å².